The SMILES string of the molecule is CC[C@@H](C(=O)NC1CCCC1)N(Cc1cccc(C)c1)C(=O)CN(c1cc(C)ccc1OC)S(=O)(=O)c1ccc(C)cc1. The van der Waals surface area contributed by atoms with Crippen molar-refractivity contribution in [2.75, 3.05) is 18.0 Å². The fourth-order valence-electron chi connectivity index (χ4n) is 5.64. The second kappa shape index (κ2) is 14.1. The number of nitrogens with one attached hydrogen (secondary N) is 1. The summed E-state index contributed by atoms with van der Waals surface area (Å²) in [5, 5.41) is 3.15. The highest BCUT2D eigenvalue weighted by Gasteiger charge is 2.35. The minimum Gasteiger partial charge on any atom is -0.495 e. The van der Waals surface area contributed by atoms with Crippen LogP contribution in [0.15, 0.2) is 71.6 Å². The van der Waals surface area contributed by atoms with Gasteiger partial charge in [0.15, 0.2) is 0 Å². The standard InChI is InChI=1S/C34H43N3O5S/c1-6-30(34(39)35-28-12-7-8-13-28)36(22-27-11-9-10-25(3)20-27)33(38)23-37(31-21-26(4)16-19-32(31)42-5)43(40,41)29-17-14-24(2)15-18-29/h9-11,14-21,28,30H,6-8,12-13,22-23H2,1-5H3,(H,35,39)/t30-/m0/s1. The van der Waals surface area contributed by atoms with Gasteiger partial charge in [-0.1, -0.05) is 73.4 Å². The van der Waals surface area contributed by atoms with Crippen LogP contribution in [0.2, 0.25) is 0 Å². The summed E-state index contributed by atoms with van der Waals surface area (Å²) in [4.78, 5) is 29.6. The molecule has 0 unspecified atom stereocenters. The van der Waals surface area contributed by atoms with Gasteiger partial charge in [-0.15, -0.1) is 0 Å². The van der Waals surface area contributed by atoms with Crippen molar-refractivity contribution < 1.29 is 22.7 Å². The van der Waals surface area contributed by atoms with E-state index in [0.717, 1.165) is 52.2 Å². The first-order chi connectivity index (χ1) is 20.5. The van der Waals surface area contributed by atoms with Crippen LogP contribution in [0.1, 0.15) is 61.3 Å². The van der Waals surface area contributed by atoms with Crippen LogP contribution in [0.4, 0.5) is 5.69 Å². The molecule has 1 atom stereocenters. The Labute approximate surface area is 256 Å². The number of aryl methyl sites for hydroxylation is 3. The minimum atomic E-state index is -4.19. The first-order valence-electron chi connectivity index (χ1n) is 14.9. The average molecular weight is 606 g/mol. The van der Waals surface area contributed by atoms with Crippen LogP contribution in [0.5, 0.6) is 5.75 Å². The Morgan fingerprint density at radius 3 is 2.21 bits per heavy atom. The molecule has 3 aromatic rings. The molecule has 0 saturated heterocycles. The number of methoxy groups -OCH3 is 1. The fraction of sp³-hybridized carbons (Fsp3) is 0.412. The van der Waals surface area contributed by atoms with Gasteiger partial charge in [-0.3, -0.25) is 13.9 Å². The van der Waals surface area contributed by atoms with E-state index in [1.807, 2.05) is 58.0 Å². The number of ether oxygens (including phenoxy) is 1. The predicted molar refractivity (Wildman–Crippen MR) is 170 cm³/mol. The van der Waals surface area contributed by atoms with Crippen LogP contribution >= 0.6 is 0 Å². The summed E-state index contributed by atoms with van der Waals surface area (Å²) in [7, 11) is -2.72. The van der Waals surface area contributed by atoms with Gasteiger partial charge in [0, 0.05) is 12.6 Å². The molecule has 1 saturated carbocycles. The van der Waals surface area contributed by atoms with Gasteiger partial charge < -0.3 is 15.0 Å². The quantitative estimate of drug-likeness (QED) is 0.287. The predicted octanol–water partition coefficient (Wildman–Crippen LogP) is 5.68. The zero-order valence-corrected chi connectivity index (χ0v) is 26.6. The van der Waals surface area contributed by atoms with Crippen LogP contribution < -0.4 is 14.4 Å². The highest BCUT2D eigenvalue weighted by molar-refractivity contribution is 7.92. The lowest BCUT2D eigenvalue weighted by Gasteiger charge is -2.34. The van der Waals surface area contributed by atoms with Crippen molar-refractivity contribution in [3.8, 4) is 5.75 Å². The van der Waals surface area contributed by atoms with Crippen LogP contribution in [0, 0.1) is 20.8 Å². The maximum Gasteiger partial charge on any atom is 0.264 e. The third kappa shape index (κ3) is 7.76. The third-order valence-corrected chi connectivity index (χ3v) is 9.79. The van der Waals surface area contributed by atoms with Crippen LogP contribution in [-0.2, 0) is 26.2 Å². The van der Waals surface area contributed by atoms with Crippen LogP contribution in [0.25, 0.3) is 0 Å². The number of anilines is 1. The second-order valence-corrected chi connectivity index (χ2v) is 13.3. The lowest BCUT2D eigenvalue weighted by atomic mass is 10.1. The van der Waals surface area contributed by atoms with E-state index in [9.17, 15) is 18.0 Å². The molecule has 230 valence electrons. The van der Waals surface area contributed by atoms with E-state index in [1.165, 1.54) is 12.0 Å². The van der Waals surface area contributed by atoms with Crippen molar-refractivity contribution in [1.82, 2.24) is 10.2 Å². The summed E-state index contributed by atoms with van der Waals surface area (Å²) in [6, 6.07) is 18.9. The van der Waals surface area contributed by atoms with Crippen LogP contribution in [0.3, 0.4) is 0 Å². The molecular formula is C34H43N3O5S. The van der Waals surface area contributed by atoms with Gasteiger partial charge in [0.05, 0.1) is 17.7 Å². The summed E-state index contributed by atoms with van der Waals surface area (Å²) in [5.41, 5.74) is 3.88. The number of nitrogens with zero attached hydrogens (tertiary/aromatic N) is 2. The highest BCUT2D eigenvalue weighted by atomic mass is 32.2. The third-order valence-electron chi connectivity index (χ3n) is 8.01. The lowest BCUT2D eigenvalue weighted by Crippen LogP contribution is -2.53. The lowest BCUT2D eigenvalue weighted by molar-refractivity contribution is -0.140. The summed E-state index contributed by atoms with van der Waals surface area (Å²) >= 11 is 0. The van der Waals surface area contributed by atoms with Crippen molar-refractivity contribution in [3.05, 3.63) is 89.0 Å². The smallest absolute Gasteiger partial charge is 0.264 e. The van der Waals surface area contributed by atoms with E-state index in [2.05, 4.69) is 5.32 Å². The van der Waals surface area contributed by atoms with E-state index in [4.69, 9.17) is 4.74 Å². The monoisotopic (exact) mass is 605 g/mol. The van der Waals surface area contributed by atoms with Gasteiger partial charge in [-0.25, -0.2) is 8.42 Å². The van der Waals surface area contributed by atoms with Gasteiger partial charge in [0.2, 0.25) is 11.8 Å². The number of sulfonamides is 1. The maximum atomic E-state index is 14.4. The van der Waals surface area contributed by atoms with Gasteiger partial charge in [0.25, 0.3) is 10.0 Å². The van der Waals surface area contributed by atoms with Gasteiger partial charge in [-0.2, -0.15) is 0 Å². The highest BCUT2D eigenvalue weighted by Crippen LogP contribution is 2.34. The molecule has 0 heterocycles. The van der Waals surface area contributed by atoms with Crippen molar-refractivity contribution in [1.29, 1.82) is 0 Å². The first-order valence-corrected chi connectivity index (χ1v) is 16.4. The number of hydrogen-bond donors (Lipinski definition) is 1. The van der Waals surface area contributed by atoms with Crippen molar-refractivity contribution in [3.63, 3.8) is 0 Å². The Morgan fingerprint density at radius 1 is 0.930 bits per heavy atom. The average Bonchev–Trinajstić information content (AvgIpc) is 3.49. The van der Waals surface area contributed by atoms with E-state index in [-0.39, 0.29) is 29.1 Å². The first kappa shape index (κ1) is 32.1. The molecule has 1 aliphatic rings. The van der Waals surface area contributed by atoms with E-state index in [0.29, 0.717) is 12.2 Å². The number of amides is 2. The van der Waals surface area contributed by atoms with Gasteiger partial charge in [0.1, 0.15) is 18.3 Å². The van der Waals surface area contributed by atoms with Crippen molar-refractivity contribution in [2.45, 2.75) is 83.3 Å². The van der Waals surface area contributed by atoms with E-state index < -0.39 is 28.5 Å². The summed E-state index contributed by atoms with van der Waals surface area (Å²) in [6.45, 7) is 7.24. The van der Waals surface area contributed by atoms with Crippen molar-refractivity contribution in [2.24, 2.45) is 0 Å². The molecule has 4 rings (SSSR count). The molecule has 0 radical (unpaired) electrons. The molecule has 0 spiro atoms. The molecular weight excluding hydrogens is 562 g/mol. The van der Waals surface area contributed by atoms with E-state index >= 15 is 0 Å². The number of carbonyl (C=O) groups excluding carboxylic acids is 2. The summed E-state index contributed by atoms with van der Waals surface area (Å²) < 4.78 is 35.1. The molecule has 1 aliphatic carbocycles. The molecule has 0 aromatic heterocycles. The zero-order chi connectivity index (χ0) is 31.1. The Bertz CT molecular complexity index is 1530. The van der Waals surface area contributed by atoms with Gasteiger partial charge >= 0.3 is 0 Å². The largest absolute Gasteiger partial charge is 0.495 e. The van der Waals surface area contributed by atoms with Crippen LogP contribution in [-0.4, -0.2) is 50.9 Å². The maximum absolute atomic E-state index is 14.4. The molecule has 1 N–H and O–H groups in total. The topological polar surface area (TPSA) is 96.0 Å². The number of benzene rings is 3. The number of rotatable bonds is 12. The molecule has 43 heavy (non-hydrogen) atoms. The fourth-order valence-corrected chi connectivity index (χ4v) is 7.06. The minimum absolute atomic E-state index is 0.0608. The Morgan fingerprint density at radius 2 is 1.58 bits per heavy atom. The summed E-state index contributed by atoms with van der Waals surface area (Å²) in [5.74, 6) is -0.365. The Kier molecular flexibility index (Phi) is 10.5. The van der Waals surface area contributed by atoms with E-state index in [1.54, 1.807) is 36.4 Å². The molecule has 9 heteroatoms. The zero-order valence-electron chi connectivity index (χ0n) is 25.8. The molecule has 0 bridgehead atoms. The molecule has 0 aliphatic heterocycles. The molecule has 3 aromatic carbocycles. The number of carbonyl (C=O) groups is 2. The second-order valence-electron chi connectivity index (χ2n) is 11.4. The molecule has 2 amide bonds. The Balaban J connectivity index is 1.77. The number of hydrogen-bond acceptors (Lipinski definition) is 5. The van der Waals surface area contributed by atoms with Crippen molar-refractivity contribution >= 4 is 27.5 Å². The molecule has 1 fully saturated rings. The summed E-state index contributed by atoms with van der Waals surface area (Å²) in [6.07, 6.45) is 4.36. The molecule has 8 nitrogen and oxygen atoms in total. The normalized spacial score (nSPS) is 14.3. The Hall–Kier alpha value is -3.85. The van der Waals surface area contributed by atoms with Gasteiger partial charge in [-0.05, 0) is 75.4 Å².